The van der Waals surface area contributed by atoms with Crippen LogP contribution in [0.25, 0.3) is 0 Å². The largest absolute Gasteiger partial charge is 0.497 e. The van der Waals surface area contributed by atoms with Crippen molar-refractivity contribution in [1.82, 2.24) is 5.01 Å². The molecule has 2 heterocycles. The van der Waals surface area contributed by atoms with Crippen LogP contribution >= 0.6 is 0 Å². The molecule has 4 aromatic rings. The molecule has 2 aliphatic rings. The van der Waals surface area contributed by atoms with Crippen molar-refractivity contribution in [2.45, 2.75) is 25.3 Å². The van der Waals surface area contributed by atoms with Crippen LogP contribution in [-0.2, 0) is 26.3 Å². The molecule has 0 saturated heterocycles. The summed E-state index contributed by atoms with van der Waals surface area (Å²) in [6.07, 6.45) is 1.38. The van der Waals surface area contributed by atoms with E-state index >= 15 is 0 Å². The van der Waals surface area contributed by atoms with Crippen LogP contribution < -0.4 is 9.64 Å². The lowest BCUT2D eigenvalue weighted by molar-refractivity contribution is -0.138. The van der Waals surface area contributed by atoms with Gasteiger partial charge in [-0.25, -0.2) is 9.80 Å². The number of fused-ring (bicyclic) bond motifs is 2. The molecule has 6 rings (SSSR count). The first-order valence-electron chi connectivity index (χ1n) is 14.2. The number of carbonyl (C=O) groups excluding carboxylic acids is 3. The van der Waals surface area contributed by atoms with Crippen LogP contribution in [0.15, 0.2) is 120 Å². The van der Waals surface area contributed by atoms with Crippen LogP contribution in [-0.4, -0.2) is 42.7 Å². The topological polar surface area (TPSA) is 88.5 Å². The maximum Gasteiger partial charge on any atom is 0.336 e. The van der Waals surface area contributed by atoms with Crippen molar-refractivity contribution in [2.24, 2.45) is 5.10 Å². The lowest BCUT2D eigenvalue weighted by atomic mass is 9.70. The summed E-state index contributed by atoms with van der Waals surface area (Å²) in [6.45, 7) is 2.24. The Morgan fingerprint density at radius 3 is 2.23 bits per heavy atom. The highest BCUT2D eigenvalue weighted by Crippen LogP contribution is 2.51. The second kappa shape index (κ2) is 11.6. The Bertz CT molecular complexity index is 1800. The number of carbonyl (C=O) groups is 3. The summed E-state index contributed by atoms with van der Waals surface area (Å²) < 4.78 is 10.7. The maximum absolute atomic E-state index is 15.0. The van der Waals surface area contributed by atoms with Gasteiger partial charge in [-0.3, -0.25) is 9.59 Å². The predicted molar refractivity (Wildman–Crippen MR) is 167 cm³/mol. The quantitative estimate of drug-likeness (QED) is 0.267. The van der Waals surface area contributed by atoms with E-state index in [0.717, 1.165) is 16.1 Å². The number of hydrazone groups is 1. The second-order valence-corrected chi connectivity index (χ2v) is 10.8. The van der Waals surface area contributed by atoms with Gasteiger partial charge in [-0.05, 0) is 66.1 Å². The number of aryl methyl sites for hydroxylation is 1. The first kappa shape index (κ1) is 28.6. The van der Waals surface area contributed by atoms with E-state index in [2.05, 4.69) is 0 Å². The fourth-order valence-electron chi connectivity index (χ4n) is 5.91. The average Bonchev–Trinajstić information content (AvgIpc) is 3.18. The fraction of sp³-hybridized carbons (Fsp3) is 0.167. The number of esters is 1. The smallest absolute Gasteiger partial charge is 0.336 e. The Morgan fingerprint density at radius 2 is 1.57 bits per heavy atom. The number of amides is 2. The first-order valence-corrected chi connectivity index (χ1v) is 14.2. The first-order chi connectivity index (χ1) is 21.3. The Hall–Kier alpha value is -5.50. The molecule has 1 unspecified atom stereocenters. The van der Waals surface area contributed by atoms with Crippen LogP contribution in [0.4, 0.5) is 5.69 Å². The monoisotopic (exact) mass is 585 g/mol. The van der Waals surface area contributed by atoms with E-state index in [9.17, 15) is 14.4 Å². The van der Waals surface area contributed by atoms with Crippen LogP contribution in [0, 0.1) is 6.92 Å². The van der Waals surface area contributed by atoms with Crippen molar-refractivity contribution < 1.29 is 23.9 Å². The third-order valence-corrected chi connectivity index (χ3v) is 8.13. The molecule has 0 bridgehead atoms. The van der Waals surface area contributed by atoms with Crippen LogP contribution in [0.1, 0.15) is 39.0 Å². The van der Waals surface area contributed by atoms with E-state index in [0.29, 0.717) is 40.4 Å². The molecule has 0 saturated carbocycles. The minimum atomic E-state index is -1.52. The van der Waals surface area contributed by atoms with Gasteiger partial charge in [0.1, 0.15) is 11.2 Å². The standard InChI is InChI=1S/C36H31N3O5/c1-24-14-19-32-29(20-24)36(35(42)38(32)22-25-10-6-4-7-11-25)21-31(26-15-17-28(43-2)18-16-26)37-39(23-30(36)34(41)44-3)33(40)27-12-8-5-9-13-27/h4-20,23H,21-22H2,1-3H3. The molecule has 220 valence electrons. The number of hydrogen-bond acceptors (Lipinski definition) is 6. The Kier molecular flexibility index (Phi) is 7.57. The zero-order valence-electron chi connectivity index (χ0n) is 24.7. The van der Waals surface area contributed by atoms with Crippen molar-refractivity contribution in [2.75, 3.05) is 19.1 Å². The number of ether oxygens (including phenoxy) is 2. The van der Waals surface area contributed by atoms with Gasteiger partial charge in [0.2, 0.25) is 5.91 Å². The molecule has 0 radical (unpaired) electrons. The normalized spacial score (nSPS) is 17.5. The Morgan fingerprint density at radius 1 is 0.886 bits per heavy atom. The van der Waals surface area contributed by atoms with Gasteiger partial charge in [-0.15, -0.1) is 0 Å². The van der Waals surface area contributed by atoms with Crippen molar-refractivity contribution in [3.8, 4) is 5.75 Å². The summed E-state index contributed by atoms with van der Waals surface area (Å²) >= 11 is 0. The van der Waals surface area contributed by atoms with Gasteiger partial charge in [-0.2, -0.15) is 5.10 Å². The van der Waals surface area contributed by atoms with Crippen LogP contribution in [0.5, 0.6) is 5.75 Å². The second-order valence-electron chi connectivity index (χ2n) is 10.8. The van der Waals surface area contributed by atoms with Gasteiger partial charge in [0.15, 0.2) is 0 Å². The zero-order chi connectivity index (χ0) is 30.8. The SMILES string of the molecule is COC(=O)C1=CN(C(=O)c2ccccc2)N=C(c2ccc(OC)cc2)CC12C(=O)N(Cc1ccccc1)c1ccc(C)cc12. The predicted octanol–water partition coefficient (Wildman–Crippen LogP) is 5.80. The van der Waals surface area contributed by atoms with Gasteiger partial charge in [0.25, 0.3) is 5.91 Å². The number of nitrogens with zero attached hydrogens (tertiary/aromatic N) is 3. The number of benzene rings is 4. The van der Waals surface area contributed by atoms with E-state index < -0.39 is 17.3 Å². The molecule has 2 amide bonds. The Labute approximate surface area is 255 Å². The summed E-state index contributed by atoms with van der Waals surface area (Å²) in [7, 11) is 2.85. The van der Waals surface area contributed by atoms with Crippen molar-refractivity contribution >= 4 is 29.2 Å². The zero-order valence-corrected chi connectivity index (χ0v) is 24.7. The molecule has 1 atom stereocenters. The van der Waals surface area contributed by atoms with Crippen molar-refractivity contribution in [3.63, 3.8) is 0 Å². The van der Waals surface area contributed by atoms with Gasteiger partial charge >= 0.3 is 5.97 Å². The highest BCUT2D eigenvalue weighted by Gasteiger charge is 2.57. The molecule has 4 aromatic carbocycles. The minimum Gasteiger partial charge on any atom is -0.497 e. The third kappa shape index (κ3) is 4.94. The third-order valence-electron chi connectivity index (χ3n) is 8.13. The molecule has 8 heteroatoms. The summed E-state index contributed by atoms with van der Waals surface area (Å²) in [6, 6.07) is 31.4. The van der Waals surface area contributed by atoms with Crippen molar-refractivity contribution in [3.05, 3.63) is 143 Å². The van der Waals surface area contributed by atoms with E-state index in [1.807, 2.05) is 73.7 Å². The van der Waals surface area contributed by atoms with E-state index in [1.54, 1.807) is 48.4 Å². The van der Waals surface area contributed by atoms with Gasteiger partial charge < -0.3 is 14.4 Å². The molecule has 0 N–H and O–H groups in total. The number of hydrogen-bond donors (Lipinski definition) is 0. The summed E-state index contributed by atoms with van der Waals surface area (Å²) in [5.41, 5.74) is 3.23. The molecule has 1 spiro atoms. The molecule has 44 heavy (non-hydrogen) atoms. The summed E-state index contributed by atoms with van der Waals surface area (Å²) in [5.74, 6) is -0.820. The summed E-state index contributed by atoms with van der Waals surface area (Å²) in [4.78, 5) is 44.3. The van der Waals surface area contributed by atoms with Gasteiger partial charge in [-0.1, -0.05) is 66.2 Å². The molecular weight excluding hydrogens is 554 g/mol. The van der Waals surface area contributed by atoms with Crippen molar-refractivity contribution in [1.29, 1.82) is 0 Å². The molecule has 0 aromatic heterocycles. The van der Waals surface area contributed by atoms with Crippen LogP contribution in [0.2, 0.25) is 0 Å². The fourth-order valence-corrected chi connectivity index (χ4v) is 5.91. The molecule has 8 nitrogen and oxygen atoms in total. The lowest BCUT2D eigenvalue weighted by Gasteiger charge is -2.29. The van der Waals surface area contributed by atoms with Gasteiger partial charge in [0.05, 0.1) is 32.0 Å². The summed E-state index contributed by atoms with van der Waals surface area (Å²) in [5, 5.41) is 5.96. The number of anilines is 1. The van der Waals surface area contributed by atoms with Crippen LogP contribution in [0.3, 0.4) is 0 Å². The molecule has 0 aliphatic carbocycles. The van der Waals surface area contributed by atoms with E-state index in [1.165, 1.54) is 13.3 Å². The van der Waals surface area contributed by atoms with Gasteiger partial charge in [0, 0.05) is 23.9 Å². The minimum absolute atomic E-state index is 0.0133. The number of methoxy groups -OCH3 is 2. The molecule has 0 fully saturated rings. The number of rotatable bonds is 6. The average molecular weight is 586 g/mol. The highest BCUT2D eigenvalue weighted by molar-refractivity contribution is 6.19. The lowest BCUT2D eigenvalue weighted by Crippen LogP contribution is -2.45. The van der Waals surface area contributed by atoms with E-state index in [4.69, 9.17) is 14.6 Å². The highest BCUT2D eigenvalue weighted by atomic mass is 16.5. The molecule has 2 aliphatic heterocycles. The maximum atomic E-state index is 15.0. The Balaban J connectivity index is 1.60. The molecular formula is C36H31N3O5. The van der Waals surface area contributed by atoms with E-state index in [-0.39, 0.29) is 17.9 Å².